The topological polar surface area (TPSA) is 26.0 Å². The van der Waals surface area contributed by atoms with Crippen LogP contribution in [0.1, 0.15) is 10.4 Å². The second-order valence-electron chi connectivity index (χ2n) is 1.77. The minimum atomic E-state index is 0.629. The third-order valence-corrected chi connectivity index (χ3v) is 2.09. The van der Waals surface area contributed by atoms with Gasteiger partial charge < -0.3 is 5.73 Å². The first-order valence-corrected chi connectivity index (χ1v) is 3.64. The Balaban J connectivity index is 2.86. The van der Waals surface area contributed by atoms with E-state index in [0.717, 1.165) is 0 Å². The SMILES string of the molecule is C=Cc1cc(CN)cs1. The summed E-state index contributed by atoms with van der Waals surface area (Å²) in [6.07, 6.45) is 1.84. The molecule has 2 heteroatoms. The second-order valence-corrected chi connectivity index (χ2v) is 2.71. The van der Waals surface area contributed by atoms with Crippen LogP contribution in [0.15, 0.2) is 18.0 Å². The monoisotopic (exact) mass is 139 g/mol. The summed E-state index contributed by atoms with van der Waals surface area (Å²) in [6.45, 7) is 4.28. The van der Waals surface area contributed by atoms with Gasteiger partial charge in [-0.3, -0.25) is 0 Å². The van der Waals surface area contributed by atoms with Gasteiger partial charge in [-0.25, -0.2) is 0 Å². The quantitative estimate of drug-likeness (QED) is 0.664. The van der Waals surface area contributed by atoms with Crippen LogP contribution in [0.25, 0.3) is 6.08 Å². The first-order chi connectivity index (χ1) is 4.36. The molecule has 0 saturated heterocycles. The van der Waals surface area contributed by atoms with E-state index in [1.54, 1.807) is 11.3 Å². The normalized spacial score (nSPS) is 9.44. The lowest BCUT2D eigenvalue weighted by molar-refractivity contribution is 1.08. The molecule has 9 heavy (non-hydrogen) atoms. The van der Waals surface area contributed by atoms with E-state index >= 15 is 0 Å². The maximum Gasteiger partial charge on any atom is 0.0267 e. The summed E-state index contributed by atoms with van der Waals surface area (Å²) < 4.78 is 0. The fourth-order valence-electron chi connectivity index (χ4n) is 0.609. The molecule has 48 valence electrons. The van der Waals surface area contributed by atoms with E-state index in [-0.39, 0.29) is 0 Å². The van der Waals surface area contributed by atoms with Crippen molar-refractivity contribution in [1.29, 1.82) is 0 Å². The fraction of sp³-hybridized carbons (Fsp3) is 0.143. The number of hydrogen-bond donors (Lipinski definition) is 1. The Morgan fingerprint density at radius 3 is 2.89 bits per heavy atom. The summed E-state index contributed by atoms with van der Waals surface area (Å²) >= 11 is 1.68. The molecule has 1 nitrogen and oxygen atoms in total. The van der Waals surface area contributed by atoms with Gasteiger partial charge in [0.15, 0.2) is 0 Å². The van der Waals surface area contributed by atoms with Gasteiger partial charge in [-0.1, -0.05) is 12.7 Å². The average Bonchev–Trinajstić information content (AvgIpc) is 2.34. The lowest BCUT2D eigenvalue weighted by atomic mass is 10.3. The van der Waals surface area contributed by atoms with Crippen LogP contribution in [0, 0.1) is 0 Å². The zero-order valence-corrected chi connectivity index (χ0v) is 5.95. The van der Waals surface area contributed by atoms with Crippen LogP contribution in [0.4, 0.5) is 0 Å². The van der Waals surface area contributed by atoms with Crippen LogP contribution in [0.5, 0.6) is 0 Å². The molecule has 0 aliphatic carbocycles. The number of hydrogen-bond acceptors (Lipinski definition) is 2. The van der Waals surface area contributed by atoms with Crippen LogP contribution in [-0.4, -0.2) is 0 Å². The summed E-state index contributed by atoms with van der Waals surface area (Å²) in [5.74, 6) is 0. The van der Waals surface area contributed by atoms with Crippen molar-refractivity contribution in [3.05, 3.63) is 28.5 Å². The maximum atomic E-state index is 5.39. The van der Waals surface area contributed by atoms with E-state index in [1.165, 1.54) is 10.4 Å². The molecule has 2 N–H and O–H groups in total. The van der Waals surface area contributed by atoms with Crippen LogP contribution >= 0.6 is 11.3 Å². The van der Waals surface area contributed by atoms with Gasteiger partial charge in [-0.05, 0) is 17.0 Å². The van der Waals surface area contributed by atoms with E-state index in [0.29, 0.717) is 6.54 Å². The van der Waals surface area contributed by atoms with Crippen molar-refractivity contribution in [2.45, 2.75) is 6.54 Å². The molecule has 0 aromatic carbocycles. The van der Waals surface area contributed by atoms with E-state index in [2.05, 4.69) is 18.0 Å². The molecular formula is C7H9NS. The van der Waals surface area contributed by atoms with Crippen molar-refractivity contribution in [3.8, 4) is 0 Å². The van der Waals surface area contributed by atoms with Crippen molar-refractivity contribution >= 4 is 17.4 Å². The van der Waals surface area contributed by atoms with E-state index in [1.807, 2.05) is 6.08 Å². The summed E-state index contributed by atoms with van der Waals surface area (Å²) in [7, 11) is 0. The molecule has 0 atom stereocenters. The predicted octanol–water partition coefficient (Wildman–Crippen LogP) is 1.85. The van der Waals surface area contributed by atoms with Crippen molar-refractivity contribution in [2.75, 3.05) is 0 Å². The Bertz CT molecular complexity index is 202. The lowest BCUT2D eigenvalue weighted by Crippen LogP contribution is -1.92. The molecular weight excluding hydrogens is 130 g/mol. The molecule has 0 aliphatic rings. The third kappa shape index (κ3) is 1.40. The zero-order chi connectivity index (χ0) is 6.69. The highest BCUT2D eigenvalue weighted by molar-refractivity contribution is 7.11. The van der Waals surface area contributed by atoms with E-state index < -0.39 is 0 Å². The highest BCUT2D eigenvalue weighted by atomic mass is 32.1. The van der Waals surface area contributed by atoms with Crippen molar-refractivity contribution in [3.63, 3.8) is 0 Å². The Labute approximate surface area is 58.8 Å². The highest BCUT2D eigenvalue weighted by Crippen LogP contribution is 2.14. The van der Waals surface area contributed by atoms with Crippen LogP contribution in [0.3, 0.4) is 0 Å². The Hall–Kier alpha value is -0.600. The predicted molar refractivity (Wildman–Crippen MR) is 42.3 cm³/mol. The molecule has 0 spiro atoms. The zero-order valence-electron chi connectivity index (χ0n) is 5.13. The first-order valence-electron chi connectivity index (χ1n) is 2.76. The molecule has 0 aliphatic heterocycles. The van der Waals surface area contributed by atoms with Gasteiger partial charge in [0.1, 0.15) is 0 Å². The standard InChI is InChI=1S/C7H9NS/c1-2-7-3-6(4-8)5-9-7/h2-3,5H,1,4,8H2. The molecule has 0 amide bonds. The molecule has 0 bridgehead atoms. The largest absolute Gasteiger partial charge is 0.326 e. The van der Waals surface area contributed by atoms with Gasteiger partial charge in [-0.15, -0.1) is 11.3 Å². The fourth-order valence-corrected chi connectivity index (χ4v) is 1.38. The molecule has 1 aromatic heterocycles. The smallest absolute Gasteiger partial charge is 0.0267 e. The van der Waals surface area contributed by atoms with E-state index in [4.69, 9.17) is 5.73 Å². The third-order valence-electron chi connectivity index (χ3n) is 1.11. The minimum Gasteiger partial charge on any atom is -0.326 e. The van der Waals surface area contributed by atoms with Gasteiger partial charge >= 0.3 is 0 Å². The molecule has 1 aromatic rings. The van der Waals surface area contributed by atoms with Gasteiger partial charge in [0, 0.05) is 11.4 Å². The maximum absolute atomic E-state index is 5.39. The van der Waals surface area contributed by atoms with Crippen LogP contribution < -0.4 is 5.73 Å². The molecule has 0 radical (unpaired) electrons. The summed E-state index contributed by atoms with van der Waals surface area (Å²) in [6, 6.07) is 2.05. The van der Waals surface area contributed by atoms with Crippen molar-refractivity contribution in [2.24, 2.45) is 5.73 Å². The summed E-state index contributed by atoms with van der Waals surface area (Å²) in [5, 5.41) is 2.05. The van der Waals surface area contributed by atoms with Gasteiger partial charge in [0.05, 0.1) is 0 Å². The van der Waals surface area contributed by atoms with Crippen LogP contribution in [0.2, 0.25) is 0 Å². The number of nitrogens with two attached hydrogens (primary N) is 1. The van der Waals surface area contributed by atoms with Crippen molar-refractivity contribution in [1.82, 2.24) is 0 Å². The molecule has 1 rings (SSSR count). The highest BCUT2D eigenvalue weighted by Gasteiger charge is 1.91. The van der Waals surface area contributed by atoms with Gasteiger partial charge in [0.25, 0.3) is 0 Å². The molecule has 0 unspecified atom stereocenters. The Kier molecular flexibility index (Phi) is 2.03. The second kappa shape index (κ2) is 2.80. The van der Waals surface area contributed by atoms with E-state index in [9.17, 15) is 0 Å². The Morgan fingerprint density at radius 1 is 1.78 bits per heavy atom. The minimum absolute atomic E-state index is 0.629. The lowest BCUT2D eigenvalue weighted by Gasteiger charge is -1.81. The molecule has 0 fully saturated rings. The number of thiophene rings is 1. The average molecular weight is 139 g/mol. The van der Waals surface area contributed by atoms with Crippen molar-refractivity contribution < 1.29 is 0 Å². The van der Waals surface area contributed by atoms with Gasteiger partial charge in [-0.2, -0.15) is 0 Å². The Morgan fingerprint density at radius 2 is 2.56 bits per heavy atom. The van der Waals surface area contributed by atoms with Crippen LogP contribution in [-0.2, 0) is 6.54 Å². The molecule has 0 saturated carbocycles. The molecule has 1 heterocycles. The number of rotatable bonds is 2. The summed E-state index contributed by atoms with van der Waals surface area (Å²) in [4.78, 5) is 1.19. The first kappa shape index (κ1) is 6.52. The summed E-state index contributed by atoms with van der Waals surface area (Å²) in [5.41, 5.74) is 6.58. The van der Waals surface area contributed by atoms with Gasteiger partial charge in [0.2, 0.25) is 0 Å².